The second kappa shape index (κ2) is 6.37. The Labute approximate surface area is 83.6 Å². The van der Waals surface area contributed by atoms with Crippen molar-refractivity contribution >= 4 is 11.9 Å². The van der Waals surface area contributed by atoms with Crippen LogP contribution in [-0.2, 0) is 14.3 Å². The van der Waals surface area contributed by atoms with Crippen LogP contribution < -0.4 is 0 Å². The fourth-order valence-corrected chi connectivity index (χ4v) is 0.985. The highest BCUT2D eigenvalue weighted by molar-refractivity contribution is 5.77. The van der Waals surface area contributed by atoms with Crippen LogP contribution in [0.2, 0.25) is 0 Å². The molecular formula is C9H17NO4. The van der Waals surface area contributed by atoms with E-state index in [0.717, 1.165) is 0 Å². The maximum Gasteiger partial charge on any atom is 0.329 e. The van der Waals surface area contributed by atoms with Crippen molar-refractivity contribution in [3.05, 3.63) is 0 Å². The van der Waals surface area contributed by atoms with Gasteiger partial charge in [-0.25, -0.2) is 4.79 Å². The van der Waals surface area contributed by atoms with Gasteiger partial charge in [0.1, 0.15) is 13.2 Å². The number of nitrogens with zero attached hydrogens (tertiary/aromatic N) is 1. The first-order valence-corrected chi connectivity index (χ1v) is 4.47. The van der Waals surface area contributed by atoms with E-state index in [4.69, 9.17) is 5.11 Å². The van der Waals surface area contributed by atoms with Crippen LogP contribution in [0.15, 0.2) is 0 Å². The minimum atomic E-state index is -1.07. The Morgan fingerprint density at radius 1 is 1.36 bits per heavy atom. The van der Waals surface area contributed by atoms with Crippen LogP contribution in [0, 0.1) is 5.92 Å². The SMILES string of the molecule is CC(C)CN(C)C(=O)COCC(=O)O. The molecule has 0 aromatic carbocycles. The highest BCUT2D eigenvalue weighted by atomic mass is 16.5. The van der Waals surface area contributed by atoms with Gasteiger partial charge in [0.2, 0.25) is 5.91 Å². The lowest BCUT2D eigenvalue weighted by molar-refractivity contribution is -0.145. The third-order valence-corrected chi connectivity index (χ3v) is 1.52. The fraction of sp³-hybridized carbons (Fsp3) is 0.778. The molecule has 0 saturated carbocycles. The molecule has 5 heteroatoms. The van der Waals surface area contributed by atoms with E-state index in [0.29, 0.717) is 12.5 Å². The first-order valence-electron chi connectivity index (χ1n) is 4.47. The number of rotatable bonds is 6. The Morgan fingerprint density at radius 3 is 2.36 bits per heavy atom. The predicted molar refractivity (Wildman–Crippen MR) is 50.9 cm³/mol. The van der Waals surface area contributed by atoms with Gasteiger partial charge in [-0.1, -0.05) is 13.8 Å². The number of aliphatic carboxylic acids is 1. The largest absolute Gasteiger partial charge is 0.480 e. The summed E-state index contributed by atoms with van der Waals surface area (Å²) in [6.07, 6.45) is 0. The Balaban J connectivity index is 3.67. The van der Waals surface area contributed by atoms with E-state index in [9.17, 15) is 9.59 Å². The van der Waals surface area contributed by atoms with Crippen molar-refractivity contribution in [3.63, 3.8) is 0 Å². The highest BCUT2D eigenvalue weighted by Gasteiger charge is 2.10. The van der Waals surface area contributed by atoms with Crippen molar-refractivity contribution in [1.29, 1.82) is 0 Å². The monoisotopic (exact) mass is 203 g/mol. The third kappa shape index (κ3) is 6.42. The maximum absolute atomic E-state index is 11.3. The van der Waals surface area contributed by atoms with Crippen molar-refractivity contribution < 1.29 is 19.4 Å². The summed E-state index contributed by atoms with van der Waals surface area (Å²) in [5.41, 5.74) is 0. The molecule has 0 radical (unpaired) electrons. The molecule has 0 aliphatic rings. The first-order chi connectivity index (χ1) is 6.43. The highest BCUT2D eigenvalue weighted by Crippen LogP contribution is 1.96. The Hall–Kier alpha value is -1.10. The molecule has 0 aliphatic carbocycles. The number of carbonyl (C=O) groups excluding carboxylic acids is 1. The van der Waals surface area contributed by atoms with Gasteiger partial charge < -0.3 is 14.7 Å². The van der Waals surface area contributed by atoms with Gasteiger partial charge in [-0.3, -0.25) is 4.79 Å². The minimum Gasteiger partial charge on any atom is -0.480 e. The molecule has 0 aliphatic heterocycles. The molecule has 0 atom stereocenters. The summed E-state index contributed by atoms with van der Waals surface area (Å²) >= 11 is 0. The van der Waals surface area contributed by atoms with Gasteiger partial charge in [0.05, 0.1) is 0 Å². The topological polar surface area (TPSA) is 66.8 Å². The van der Waals surface area contributed by atoms with Crippen LogP contribution in [0.25, 0.3) is 0 Å². The number of amides is 1. The molecule has 5 nitrogen and oxygen atoms in total. The van der Waals surface area contributed by atoms with E-state index >= 15 is 0 Å². The molecule has 82 valence electrons. The lowest BCUT2D eigenvalue weighted by Crippen LogP contribution is -2.33. The van der Waals surface area contributed by atoms with Gasteiger partial charge in [0.25, 0.3) is 0 Å². The Bertz CT molecular complexity index is 203. The van der Waals surface area contributed by atoms with Crippen molar-refractivity contribution in [1.82, 2.24) is 4.90 Å². The van der Waals surface area contributed by atoms with Crippen LogP contribution in [0.3, 0.4) is 0 Å². The summed E-state index contributed by atoms with van der Waals surface area (Å²) in [7, 11) is 1.67. The van der Waals surface area contributed by atoms with Crippen molar-refractivity contribution in [2.75, 3.05) is 26.8 Å². The molecule has 0 fully saturated rings. The zero-order valence-corrected chi connectivity index (χ0v) is 8.82. The Kier molecular flexibility index (Phi) is 5.87. The van der Waals surface area contributed by atoms with Crippen LogP contribution in [0.4, 0.5) is 0 Å². The maximum atomic E-state index is 11.3. The minimum absolute atomic E-state index is 0.171. The van der Waals surface area contributed by atoms with E-state index in [1.807, 2.05) is 13.8 Å². The van der Waals surface area contributed by atoms with Gasteiger partial charge >= 0.3 is 5.97 Å². The fourth-order valence-electron chi connectivity index (χ4n) is 0.985. The van der Waals surface area contributed by atoms with Crippen LogP contribution in [-0.4, -0.2) is 48.7 Å². The molecular weight excluding hydrogens is 186 g/mol. The summed E-state index contributed by atoms with van der Waals surface area (Å²) in [5.74, 6) is -0.868. The quantitative estimate of drug-likeness (QED) is 0.669. The summed E-state index contributed by atoms with van der Waals surface area (Å²) in [5, 5.41) is 8.26. The van der Waals surface area contributed by atoms with Gasteiger partial charge in [0.15, 0.2) is 0 Å². The molecule has 0 aromatic heterocycles. The third-order valence-electron chi connectivity index (χ3n) is 1.52. The second-order valence-corrected chi connectivity index (χ2v) is 3.55. The molecule has 0 spiro atoms. The number of hydrogen-bond donors (Lipinski definition) is 1. The van der Waals surface area contributed by atoms with Crippen LogP contribution in [0.1, 0.15) is 13.8 Å². The lowest BCUT2D eigenvalue weighted by atomic mass is 10.2. The summed E-state index contributed by atoms with van der Waals surface area (Å²) in [4.78, 5) is 22.9. The van der Waals surface area contributed by atoms with Gasteiger partial charge in [-0.15, -0.1) is 0 Å². The number of ether oxygens (including phenoxy) is 1. The second-order valence-electron chi connectivity index (χ2n) is 3.55. The summed E-state index contributed by atoms with van der Waals surface area (Å²) in [6, 6.07) is 0. The Morgan fingerprint density at radius 2 is 1.93 bits per heavy atom. The summed E-state index contributed by atoms with van der Waals surface area (Å²) in [6.45, 7) is 4.05. The van der Waals surface area contributed by atoms with Crippen molar-refractivity contribution in [2.45, 2.75) is 13.8 Å². The average molecular weight is 203 g/mol. The first kappa shape index (κ1) is 12.9. The van der Waals surface area contributed by atoms with Crippen LogP contribution >= 0.6 is 0 Å². The molecule has 0 unspecified atom stereocenters. The zero-order chi connectivity index (χ0) is 11.1. The van der Waals surface area contributed by atoms with Gasteiger partial charge in [-0.2, -0.15) is 0 Å². The molecule has 0 aromatic rings. The van der Waals surface area contributed by atoms with Gasteiger partial charge in [0, 0.05) is 13.6 Å². The van der Waals surface area contributed by atoms with E-state index < -0.39 is 12.6 Å². The molecule has 1 amide bonds. The van der Waals surface area contributed by atoms with E-state index in [1.165, 1.54) is 4.90 Å². The standard InChI is InChI=1S/C9H17NO4/c1-7(2)4-10(3)8(11)5-14-6-9(12)13/h7H,4-6H2,1-3H3,(H,12,13). The molecule has 0 bridgehead atoms. The van der Waals surface area contributed by atoms with Gasteiger partial charge in [-0.05, 0) is 5.92 Å². The lowest BCUT2D eigenvalue weighted by Gasteiger charge is -2.18. The zero-order valence-electron chi connectivity index (χ0n) is 8.82. The average Bonchev–Trinajstić information content (AvgIpc) is 2.01. The number of hydrogen-bond acceptors (Lipinski definition) is 3. The number of carbonyl (C=O) groups is 2. The van der Waals surface area contributed by atoms with E-state index in [2.05, 4.69) is 4.74 Å². The number of likely N-dealkylation sites (N-methyl/N-ethyl adjacent to an activating group) is 1. The smallest absolute Gasteiger partial charge is 0.329 e. The van der Waals surface area contributed by atoms with Crippen molar-refractivity contribution in [2.24, 2.45) is 5.92 Å². The normalized spacial score (nSPS) is 10.3. The number of carboxylic acids is 1. The van der Waals surface area contributed by atoms with Crippen LogP contribution in [0.5, 0.6) is 0 Å². The molecule has 14 heavy (non-hydrogen) atoms. The summed E-state index contributed by atoms with van der Waals surface area (Å²) < 4.78 is 4.67. The van der Waals surface area contributed by atoms with E-state index in [-0.39, 0.29) is 12.5 Å². The molecule has 0 heterocycles. The molecule has 0 saturated heterocycles. The number of carboxylic acid groups (broad SMARTS) is 1. The molecule has 1 N–H and O–H groups in total. The van der Waals surface area contributed by atoms with E-state index in [1.54, 1.807) is 7.05 Å². The predicted octanol–water partition coefficient (Wildman–Crippen LogP) is 0.202. The molecule has 0 rings (SSSR count). The van der Waals surface area contributed by atoms with Crippen molar-refractivity contribution in [3.8, 4) is 0 Å².